The standard InChI is InChI=1S/C37H47F/c1-3-5-7-9-11-13-31-19-27-36-35(28-31)26-25-34(37(36)38)24-18-30-16-22-33(23-17-30)32-20-14-29(15-21-32)12-10-8-6-4-2/h16-17,19,22-23,25-29,32H,3-15,20-21H2,1-2H3. The van der Waals surface area contributed by atoms with Crippen molar-refractivity contribution in [1.82, 2.24) is 0 Å². The van der Waals surface area contributed by atoms with Crippen molar-refractivity contribution in [3.63, 3.8) is 0 Å². The highest BCUT2D eigenvalue weighted by atomic mass is 19.1. The largest absolute Gasteiger partial charge is 0.205 e. The lowest BCUT2D eigenvalue weighted by molar-refractivity contribution is 0.302. The van der Waals surface area contributed by atoms with E-state index in [-0.39, 0.29) is 5.82 Å². The maximum atomic E-state index is 15.2. The molecule has 0 spiro atoms. The topological polar surface area (TPSA) is 0 Å². The minimum absolute atomic E-state index is 0.201. The Hall–Kier alpha value is -2.59. The highest BCUT2D eigenvalue weighted by molar-refractivity contribution is 5.85. The molecule has 0 aliphatic heterocycles. The fourth-order valence-corrected chi connectivity index (χ4v) is 6.15. The maximum Gasteiger partial charge on any atom is 0.146 e. The summed E-state index contributed by atoms with van der Waals surface area (Å²) in [4.78, 5) is 0. The fourth-order valence-electron chi connectivity index (χ4n) is 6.15. The van der Waals surface area contributed by atoms with Crippen LogP contribution in [0.2, 0.25) is 0 Å². The summed E-state index contributed by atoms with van der Waals surface area (Å²) in [6, 6.07) is 18.8. The average molecular weight is 511 g/mol. The van der Waals surface area contributed by atoms with Crippen molar-refractivity contribution in [2.45, 2.75) is 116 Å². The van der Waals surface area contributed by atoms with Gasteiger partial charge in [-0.1, -0.05) is 120 Å². The van der Waals surface area contributed by atoms with E-state index in [0.29, 0.717) is 16.9 Å². The van der Waals surface area contributed by atoms with Crippen LogP contribution in [0.15, 0.2) is 54.6 Å². The average Bonchev–Trinajstić information content (AvgIpc) is 2.95. The quantitative estimate of drug-likeness (QED) is 0.168. The Bertz CT molecular complexity index is 1190. The highest BCUT2D eigenvalue weighted by Gasteiger charge is 2.22. The Morgan fingerprint density at radius 3 is 2.16 bits per heavy atom. The molecule has 0 saturated heterocycles. The molecule has 0 heterocycles. The fraction of sp³-hybridized carbons (Fsp3) is 0.514. The number of fused-ring (bicyclic) bond motifs is 1. The van der Waals surface area contributed by atoms with E-state index >= 15 is 4.39 Å². The van der Waals surface area contributed by atoms with Gasteiger partial charge in [-0.3, -0.25) is 0 Å². The van der Waals surface area contributed by atoms with Crippen molar-refractivity contribution in [3.05, 3.63) is 82.7 Å². The van der Waals surface area contributed by atoms with E-state index in [0.717, 1.165) is 23.3 Å². The van der Waals surface area contributed by atoms with E-state index in [9.17, 15) is 0 Å². The molecule has 1 aliphatic carbocycles. The molecule has 0 nitrogen and oxygen atoms in total. The zero-order chi connectivity index (χ0) is 26.6. The second kappa shape index (κ2) is 15.1. The van der Waals surface area contributed by atoms with Gasteiger partial charge in [0.2, 0.25) is 0 Å². The zero-order valence-corrected chi connectivity index (χ0v) is 23.8. The third-order valence-corrected chi connectivity index (χ3v) is 8.62. The number of halogens is 1. The van der Waals surface area contributed by atoms with E-state index in [1.807, 2.05) is 18.2 Å². The van der Waals surface area contributed by atoms with E-state index in [2.05, 4.69) is 62.1 Å². The van der Waals surface area contributed by atoms with Gasteiger partial charge in [0.1, 0.15) is 5.82 Å². The minimum Gasteiger partial charge on any atom is -0.205 e. The Balaban J connectivity index is 1.32. The summed E-state index contributed by atoms with van der Waals surface area (Å²) in [7, 11) is 0. The van der Waals surface area contributed by atoms with Crippen LogP contribution < -0.4 is 0 Å². The molecule has 0 unspecified atom stereocenters. The molecule has 0 amide bonds. The second-order valence-electron chi connectivity index (χ2n) is 11.6. The van der Waals surface area contributed by atoms with Crippen LogP contribution in [0, 0.1) is 23.6 Å². The molecule has 0 radical (unpaired) electrons. The first-order valence-electron chi connectivity index (χ1n) is 15.5. The molecular weight excluding hydrogens is 463 g/mol. The lowest BCUT2D eigenvalue weighted by Gasteiger charge is -2.29. The lowest BCUT2D eigenvalue weighted by atomic mass is 9.77. The zero-order valence-electron chi connectivity index (χ0n) is 23.8. The monoisotopic (exact) mass is 510 g/mol. The predicted octanol–water partition coefficient (Wildman–Crippen LogP) is 11.1. The van der Waals surface area contributed by atoms with Crippen LogP contribution in [-0.2, 0) is 6.42 Å². The summed E-state index contributed by atoms with van der Waals surface area (Å²) in [5.41, 5.74) is 4.17. The van der Waals surface area contributed by atoms with Gasteiger partial charge >= 0.3 is 0 Å². The van der Waals surface area contributed by atoms with Crippen molar-refractivity contribution >= 4 is 10.8 Å². The van der Waals surface area contributed by atoms with E-state index < -0.39 is 0 Å². The number of hydrogen-bond acceptors (Lipinski definition) is 0. The third kappa shape index (κ3) is 8.20. The van der Waals surface area contributed by atoms with Gasteiger partial charge in [0.25, 0.3) is 0 Å². The van der Waals surface area contributed by atoms with Gasteiger partial charge in [0.05, 0.1) is 5.56 Å². The first-order chi connectivity index (χ1) is 18.7. The van der Waals surface area contributed by atoms with Gasteiger partial charge in [-0.25, -0.2) is 4.39 Å². The summed E-state index contributed by atoms with van der Waals surface area (Å²) in [5.74, 6) is 7.72. The molecule has 202 valence electrons. The second-order valence-corrected chi connectivity index (χ2v) is 11.6. The molecule has 38 heavy (non-hydrogen) atoms. The van der Waals surface area contributed by atoms with Gasteiger partial charge in [-0.05, 0) is 85.1 Å². The van der Waals surface area contributed by atoms with Crippen LogP contribution in [-0.4, -0.2) is 0 Å². The van der Waals surface area contributed by atoms with Crippen molar-refractivity contribution < 1.29 is 4.39 Å². The smallest absolute Gasteiger partial charge is 0.146 e. The van der Waals surface area contributed by atoms with Gasteiger partial charge in [-0.2, -0.15) is 0 Å². The molecule has 1 aliphatic rings. The van der Waals surface area contributed by atoms with Crippen LogP contribution in [0.25, 0.3) is 10.8 Å². The number of unbranched alkanes of at least 4 members (excludes halogenated alkanes) is 7. The first-order valence-corrected chi connectivity index (χ1v) is 15.5. The number of rotatable bonds is 12. The summed E-state index contributed by atoms with van der Waals surface area (Å²) >= 11 is 0. The summed E-state index contributed by atoms with van der Waals surface area (Å²) in [5, 5.41) is 1.64. The number of hydrogen-bond donors (Lipinski definition) is 0. The van der Waals surface area contributed by atoms with Crippen LogP contribution in [0.5, 0.6) is 0 Å². The van der Waals surface area contributed by atoms with Crippen LogP contribution in [0.3, 0.4) is 0 Å². The van der Waals surface area contributed by atoms with Crippen molar-refractivity contribution in [1.29, 1.82) is 0 Å². The number of aryl methyl sites for hydroxylation is 1. The van der Waals surface area contributed by atoms with Gasteiger partial charge in [0.15, 0.2) is 0 Å². The summed E-state index contributed by atoms with van der Waals surface area (Å²) < 4.78 is 15.2. The SMILES string of the molecule is CCCCCCCc1ccc2c(F)c(C#Cc3ccc(C4CCC(CCCCCC)CC4)cc3)ccc2c1. The first kappa shape index (κ1) is 28.4. The van der Waals surface area contributed by atoms with E-state index in [4.69, 9.17) is 0 Å². The molecule has 1 heteroatoms. The Morgan fingerprint density at radius 2 is 1.42 bits per heavy atom. The van der Waals surface area contributed by atoms with Crippen LogP contribution >= 0.6 is 0 Å². The Morgan fingerprint density at radius 1 is 0.711 bits per heavy atom. The van der Waals surface area contributed by atoms with Crippen molar-refractivity contribution in [2.24, 2.45) is 5.92 Å². The Labute approximate surface area is 231 Å². The predicted molar refractivity (Wildman–Crippen MR) is 162 cm³/mol. The molecule has 1 fully saturated rings. The van der Waals surface area contributed by atoms with Crippen LogP contribution in [0.1, 0.15) is 132 Å². The molecule has 0 bridgehead atoms. The van der Waals surface area contributed by atoms with Gasteiger partial charge in [0, 0.05) is 10.9 Å². The Kier molecular flexibility index (Phi) is 11.3. The molecule has 0 N–H and O–H groups in total. The minimum atomic E-state index is -0.201. The molecule has 1 saturated carbocycles. The lowest BCUT2D eigenvalue weighted by Crippen LogP contribution is -2.13. The molecular formula is C37H47F. The summed E-state index contributed by atoms with van der Waals surface area (Å²) in [6.07, 6.45) is 19.8. The van der Waals surface area contributed by atoms with Crippen molar-refractivity contribution in [2.75, 3.05) is 0 Å². The normalized spacial score (nSPS) is 17.3. The molecule has 0 atom stereocenters. The molecule has 0 aromatic heterocycles. The molecule has 3 aromatic rings. The van der Waals surface area contributed by atoms with Crippen molar-refractivity contribution in [3.8, 4) is 11.8 Å². The third-order valence-electron chi connectivity index (χ3n) is 8.62. The molecule has 3 aromatic carbocycles. The van der Waals surface area contributed by atoms with Crippen LogP contribution in [0.4, 0.5) is 4.39 Å². The highest BCUT2D eigenvalue weighted by Crippen LogP contribution is 2.37. The van der Waals surface area contributed by atoms with Gasteiger partial charge < -0.3 is 0 Å². The van der Waals surface area contributed by atoms with E-state index in [1.54, 1.807) is 0 Å². The van der Waals surface area contributed by atoms with Gasteiger partial charge in [-0.15, -0.1) is 0 Å². The number of benzene rings is 3. The van der Waals surface area contributed by atoms with E-state index in [1.165, 1.54) is 101 Å². The molecule has 4 rings (SSSR count). The summed E-state index contributed by atoms with van der Waals surface area (Å²) in [6.45, 7) is 4.53. The maximum absolute atomic E-state index is 15.2.